The van der Waals surface area contributed by atoms with Gasteiger partial charge in [-0.05, 0) is 19.4 Å². The van der Waals surface area contributed by atoms with Crippen LogP contribution in [0.1, 0.15) is 23.2 Å². The van der Waals surface area contributed by atoms with Crippen LogP contribution in [0.5, 0.6) is 5.75 Å². The molecule has 20 heavy (non-hydrogen) atoms. The van der Waals surface area contributed by atoms with Crippen molar-refractivity contribution in [2.75, 3.05) is 25.5 Å². The van der Waals surface area contributed by atoms with Gasteiger partial charge in [0.15, 0.2) is 0 Å². The number of nitro benzene ring substituents is 1. The fourth-order valence-corrected chi connectivity index (χ4v) is 1.73. The molecule has 0 spiro atoms. The van der Waals surface area contributed by atoms with E-state index in [1.54, 1.807) is 0 Å². The number of methoxy groups -OCH3 is 1. The highest BCUT2D eigenvalue weighted by Gasteiger charge is 2.20. The molecule has 0 atom stereocenters. The van der Waals surface area contributed by atoms with Crippen molar-refractivity contribution in [1.82, 2.24) is 0 Å². The summed E-state index contributed by atoms with van der Waals surface area (Å²) >= 11 is 0. The van der Waals surface area contributed by atoms with E-state index in [0.717, 1.165) is 18.9 Å². The molecule has 0 aliphatic heterocycles. The minimum atomic E-state index is -0.756. The van der Waals surface area contributed by atoms with Crippen LogP contribution in [0.4, 0.5) is 11.4 Å². The fraction of sp³-hybridized carbons (Fsp3) is 0.417. The number of nitrogens with two attached hydrogens (primary N) is 2. The molecule has 1 rings (SSSR count). The van der Waals surface area contributed by atoms with Crippen molar-refractivity contribution in [1.29, 1.82) is 0 Å². The molecule has 110 valence electrons. The van der Waals surface area contributed by atoms with Crippen LogP contribution in [0.2, 0.25) is 0 Å². The standard InChI is InChI=1S/C12H18N4O4/c1-20-10-7-8(16(18)19)6-9(12(14)17)11(10)15-5-3-2-4-13/h6-7,15H,2-5,13H2,1H3,(H2,14,17). The number of primary amides is 1. The van der Waals surface area contributed by atoms with Gasteiger partial charge in [0.25, 0.3) is 11.6 Å². The summed E-state index contributed by atoms with van der Waals surface area (Å²) in [4.78, 5) is 21.7. The Bertz CT molecular complexity index is 504. The van der Waals surface area contributed by atoms with Gasteiger partial charge in [-0.3, -0.25) is 14.9 Å². The Morgan fingerprint density at radius 1 is 1.45 bits per heavy atom. The molecule has 1 amide bonds. The number of rotatable bonds is 8. The van der Waals surface area contributed by atoms with Gasteiger partial charge < -0.3 is 21.5 Å². The second-order valence-corrected chi connectivity index (χ2v) is 4.11. The number of carbonyl (C=O) groups excluding carboxylic acids is 1. The molecule has 1 aromatic carbocycles. The monoisotopic (exact) mass is 282 g/mol. The molecule has 0 unspecified atom stereocenters. The van der Waals surface area contributed by atoms with E-state index in [-0.39, 0.29) is 17.0 Å². The molecule has 8 heteroatoms. The molecule has 0 bridgehead atoms. The van der Waals surface area contributed by atoms with Crippen LogP contribution in [0, 0.1) is 10.1 Å². The van der Waals surface area contributed by atoms with Crippen LogP contribution in [-0.4, -0.2) is 31.0 Å². The Hall–Kier alpha value is -2.35. The molecular weight excluding hydrogens is 264 g/mol. The van der Waals surface area contributed by atoms with Crippen molar-refractivity contribution in [2.24, 2.45) is 11.5 Å². The van der Waals surface area contributed by atoms with E-state index >= 15 is 0 Å². The molecule has 0 saturated carbocycles. The van der Waals surface area contributed by atoms with E-state index in [1.807, 2.05) is 0 Å². The summed E-state index contributed by atoms with van der Waals surface area (Å²) < 4.78 is 5.08. The molecule has 5 N–H and O–H groups in total. The zero-order chi connectivity index (χ0) is 15.1. The molecule has 0 fully saturated rings. The van der Waals surface area contributed by atoms with E-state index in [0.29, 0.717) is 18.8 Å². The maximum atomic E-state index is 11.4. The lowest BCUT2D eigenvalue weighted by atomic mass is 10.1. The first-order valence-corrected chi connectivity index (χ1v) is 6.11. The largest absolute Gasteiger partial charge is 0.494 e. The van der Waals surface area contributed by atoms with Crippen LogP contribution < -0.4 is 21.5 Å². The molecule has 0 aromatic heterocycles. The van der Waals surface area contributed by atoms with Crippen molar-refractivity contribution in [2.45, 2.75) is 12.8 Å². The molecule has 0 saturated heterocycles. The summed E-state index contributed by atoms with van der Waals surface area (Å²) in [6, 6.07) is 2.38. The Balaban J connectivity index is 3.11. The first kappa shape index (κ1) is 15.7. The molecule has 0 radical (unpaired) electrons. The van der Waals surface area contributed by atoms with E-state index in [1.165, 1.54) is 13.2 Å². The van der Waals surface area contributed by atoms with Crippen LogP contribution in [0.15, 0.2) is 12.1 Å². The Morgan fingerprint density at radius 2 is 2.15 bits per heavy atom. The lowest BCUT2D eigenvalue weighted by Crippen LogP contribution is -2.16. The summed E-state index contributed by atoms with van der Waals surface area (Å²) in [5, 5.41) is 13.8. The maximum Gasteiger partial charge on any atom is 0.274 e. The van der Waals surface area contributed by atoms with Crippen molar-refractivity contribution < 1.29 is 14.5 Å². The number of hydrogen-bond donors (Lipinski definition) is 3. The molecule has 1 aromatic rings. The van der Waals surface area contributed by atoms with E-state index in [9.17, 15) is 14.9 Å². The third-order valence-electron chi connectivity index (χ3n) is 2.72. The summed E-state index contributed by atoms with van der Waals surface area (Å²) in [5.74, 6) is -0.547. The Morgan fingerprint density at radius 3 is 2.65 bits per heavy atom. The van der Waals surface area contributed by atoms with Gasteiger partial charge in [0.1, 0.15) is 5.75 Å². The summed E-state index contributed by atoms with van der Waals surface area (Å²) in [7, 11) is 1.37. The van der Waals surface area contributed by atoms with Gasteiger partial charge in [0.2, 0.25) is 0 Å². The molecule has 0 aliphatic carbocycles. The number of amides is 1. The van der Waals surface area contributed by atoms with Gasteiger partial charge in [0.05, 0.1) is 29.4 Å². The van der Waals surface area contributed by atoms with E-state index < -0.39 is 10.8 Å². The number of nitro groups is 1. The quantitative estimate of drug-likeness (QED) is 0.367. The van der Waals surface area contributed by atoms with E-state index in [2.05, 4.69) is 5.32 Å². The Kier molecular flexibility index (Phi) is 5.73. The van der Waals surface area contributed by atoms with Crippen molar-refractivity contribution in [3.63, 3.8) is 0 Å². The first-order valence-electron chi connectivity index (χ1n) is 6.11. The zero-order valence-corrected chi connectivity index (χ0v) is 11.2. The SMILES string of the molecule is COc1cc([N+](=O)[O-])cc(C(N)=O)c1NCCCCN. The highest BCUT2D eigenvalue weighted by atomic mass is 16.6. The van der Waals surface area contributed by atoms with Gasteiger partial charge in [-0.25, -0.2) is 0 Å². The van der Waals surface area contributed by atoms with Crippen LogP contribution in [0.25, 0.3) is 0 Å². The van der Waals surface area contributed by atoms with Crippen molar-refractivity contribution >= 4 is 17.3 Å². The number of carbonyl (C=O) groups is 1. The lowest BCUT2D eigenvalue weighted by molar-refractivity contribution is -0.384. The number of anilines is 1. The Labute approximate surface area is 116 Å². The van der Waals surface area contributed by atoms with Crippen LogP contribution in [-0.2, 0) is 0 Å². The second kappa shape index (κ2) is 7.29. The van der Waals surface area contributed by atoms with Crippen molar-refractivity contribution in [3.05, 3.63) is 27.8 Å². The highest BCUT2D eigenvalue weighted by Crippen LogP contribution is 2.33. The number of benzene rings is 1. The molecule has 0 aliphatic rings. The number of nitrogens with one attached hydrogen (secondary N) is 1. The third-order valence-corrected chi connectivity index (χ3v) is 2.72. The fourth-order valence-electron chi connectivity index (χ4n) is 1.73. The predicted molar refractivity (Wildman–Crippen MR) is 74.9 cm³/mol. The first-order chi connectivity index (χ1) is 9.51. The zero-order valence-electron chi connectivity index (χ0n) is 11.2. The van der Waals surface area contributed by atoms with Crippen LogP contribution >= 0.6 is 0 Å². The third kappa shape index (κ3) is 3.82. The normalized spacial score (nSPS) is 10.1. The van der Waals surface area contributed by atoms with Gasteiger partial charge in [0, 0.05) is 12.6 Å². The number of hydrogen-bond acceptors (Lipinski definition) is 6. The van der Waals surface area contributed by atoms with E-state index in [4.69, 9.17) is 16.2 Å². The summed E-state index contributed by atoms with van der Waals surface area (Å²) in [6.45, 7) is 1.13. The van der Waals surface area contributed by atoms with Gasteiger partial charge >= 0.3 is 0 Å². The van der Waals surface area contributed by atoms with Crippen molar-refractivity contribution in [3.8, 4) is 5.75 Å². The van der Waals surface area contributed by atoms with Crippen LogP contribution in [0.3, 0.4) is 0 Å². The highest BCUT2D eigenvalue weighted by molar-refractivity contribution is 6.00. The second-order valence-electron chi connectivity index (χ2n) is 4.11. The lowest BCUT2D eigenvalue weighted by Gasteiger charge is -2.14. The minimum Gasteiger partial charge on any atom is -0.494 e. The van der Waals surface area contributed by atoms with Gasteiger partial charge in [-0.15, -0.1) is 0 Å². The average Bonchev–Trinajstić information content (AvgIpc) is 2.42. The number of nitrogens with zero attached hydrogens (tertiary/aromatic N) is 1. The maximum absolute atomic E-state index is 11.4. The van der Waals surface area contributed by atoms with Gasteiger partial charge in [-0.1, -0.05) is 0 Å². The minimum absolute atomic E-state index is 0.0313. The number of unbranched alkanes of at least 4 members (excludes halogenated alkanes) is 1. The summed E-state index contributed by atoms with van der Waals surface area (Å²) in [5.41, 5.74) is 10.8. The molecule has 8 nitrogen and oxygen atoms in total. The summed E-state index contributed by atoms with van der Waals surface area (Å²) in [6.07, 6.45) is 1.63. The predicted octanol–water partition coefficient (Wildman–Crippen LogP) is 0.853. The smallest absolute Gasteiger partial charge is 0.274 e. The number of non-ortho nitro benzene ring substituents is 1. The molecule has 0 heterocycles. The van der Waals surface area contributed by atoms with Gasteiger partial charge in [-0.2, -0.15) is 0 Å². The number of ether oxygens (including phenoxy) is 1. The molecular formula is C12H18N4O4. The average molecular weight is 282 g/mol. The topological polar surface area (TPSA) is 134 Å².